The summed E-state index contributed by atoms with van der Waals surface area (Å²) in [6.45, 7) is 9.74. The van der Waals surface area contributed by atoms with Crippen LogP contribution in [0.3, 0.4) is 0 Å². The summed E-state index contributed by atoms with van der Waals surface area (Å²) in [6.07, 6.45) is 1.06. The fraction of sp³-hybridized carbons (Fsp3) is 0.611. The third-order valence-electron chi connectivity index (χ3n) is 4.14. The Morgan fingerprint density at radius 3 is 2.22 bits per heavy atom. The predicted octanol–water partition coefficient (Wildman–Crippen LogP) is 4.02. The Hall–Kier alpha value is -0.980. The van der Waals surface area contributed by atoms with Gasteiger partial charge >= 0.3 is 0 Å². The van der Waals surface area contributed by atoms with Gasteiger partial charge in [0.15, 0.2) is 5.96 Å². The molecule has 5 heteroatoms. The molecule has 0 spiro atoms. The van der Waals surface area contributed by atoms with E-state index in [1.54, 1.807) is 7.11 Å². The van der Waals surface area contributed by atoms with Crippen LogP contribution in [-0.2, 0) is 0 Å². The van der Waals surface area contributed by atoms with Crippen molar-refractivity contribution in [3.63, 3.8) is 0 Å². The lowest BCUT2D eigenvalue weighted by Gasteiger charge is -2.21. The number of ether oxygens (including phenoxy) is 1. The van der Waals surface area contributed by atoms with Gasteiger partial charge in [-0.25, -0.2) is 0 Å². The molecule has 0 aliphatic heterocycles. The molecule has 2 N–H and O–H groups in total. The minimum Gasteiger partial charge on any atom is -0.497 e. The van der Waals surface area contributed by atoms with E-state index >= 15 is 0 Å². The lowest BCUT2D eigenvalue weighted by Crippen LogP contribution is -2.44. The lowest BCUT2D eigenvalue weighted by molar-refractivity contribution is 0.414. The molecule has 1 rings (SSSR count). The van der Waals surface area contributed by atoms with Crippen LogP contribution >= 0.6 is 24.0 Å². The van der Waals surface area contributed by atoms with Crippen LogP contribution in [-0.4, -0.2) is 32.7 Å². The van der Waals surface area contributed by atoms with Crippen LogP contribution < -0.4 is 15.4 Å². The summed E-state index contributed by atoms with van der Waals surface area (Å²) < 4.78 is 5.20. The zero-order chi connectivity index (χ0) is 16.5. The Kier molecular flexibility index (Phi) is 11.0. The number of hydrogen-bond donors (Lipinski definition) is 2. The van der Waals surface area contributed by atoms with E-state index in [1.165, 1.54) is 5.56 Å². The van der Waals surface area contributed by atoms with Gasteiger partial charge in [0.05, 0.1) is 7.11 Å². The molecule has 132 valence electrons. The van der Waals surface area contributed by atoms with Gasteiger partial charge in [0, 0.05) is 19.6 Å². The normalized spacial score (nSPS) is 14.0. The van der Waals surface area contributed by atoms with E-state index in [-0.39, 0.29) is 24.0 Å². The van der Waals surface area contributed by atoms with Crippen molar-refractivity contribution in [1.29, 1.82) is 0 Å². The molecule has 1 aromatic rings. The van der Waals surface area contributed by atoms with Crippen LogP contribution in [0.15, 0.2) is 29.3 Å². The number of methoxy groups -OCH3 is 1. The molecule has 0 radical (unpaired) electrons. The van der Waals surface area contributed by atoms with Gasteiger partial charge in [0.2, 0.25) is 0 Å². The van der Waals surface area contributed by atoms with Crippen molar-refractivity contribution in [3.8, 4) is 5.75 Å². The van der Waals surface area contributed by atoms with Crippen molar-refractivity contribution >= 4 is 29.9 Å². The maximum absolute atomic E-state index is 5.20. The predicted molar refractivity (Wildman–Crippen MR) is 110 cm³/mol. The fourth-order valence-electron chi connectivity index (χ4n) is 2.08. The van der Waals surface area contributed by atoms with Crippen molar-refractivity contribution < 1.29 is 4.74 Å². The molecule has 23 heavy (non-hydrogen) atoms. The number of nitrogens with zero attached hydrogens (tertiary/aromatic N) is 1. The monoisotopic (exact) mass is 433 g/mol. The SMILES string of the molecule is CN=C(NCCC(C)c1ccc(OC)cc1)NC(C)C(C)C.I. The van der Waals surface area contributed by atoms with Gasteiger partial charge in [-0.05, 0) is 42.9 Å². The Bertz CT molecular complexity index is 460. The molecule has 0 saturated carbocycles. The van der Waals surface area contributed by atoms with Crippen molar-refractivity contribution in [3.05, 3.63) is 29.8 Å². The van der Waals surface area contributed by atoms with E-state index in [0.29, 0.717) is 17.9 Å². The first kappa shape index (κ1) is 22.0. The molecule has 4 nitrogen and oxygen atoms in total. The summed E-state index contributed by atoms with van der Waals surface area (Å²) in [5, 5.41) is 6.81. The molecular formula is C18H32IN3O. The van der Waals surface area contributed by atoms with Crippen LogP contribution in [0.5, 0.6) is 5.75 Å². The Balaban J connectivity index is 0.00000484. The zero-order valence-electron chi connectivity index (χ0n) is 15.2. The minimum atomic E-state index is 0. The molecule has 0 aromatic heterocycles. The maximum atomic E-state index is 5.20. The second kappa shape index (κ2) is 11.5. The molecule has 0 amide bonds. The third-order valence-corrected chi connectivity index (χ3v) is 4.14. The molecule has 0 bridgehead atoms. The smallest absolute Gasteiger partial charge is 0.191 e. The third kappa shape index (κ3) is 7.90. The fourth-order valence-corrected chi connectivity index (χ4v) is 2.08. The Morgan fingerprint density at radius 1 is 1.13 bits per heavy atom. The highest BCUT2D eigenvalue weighted by molar-refractivity contribution is 14.0. The topological polar surface area (TPSA) is 45.7 Å². The Morgan fingerprint density at radius 2 is 1.74 bits per heavy atom. The molecule has 0 heterocycles. The van der Waals surface area contributed by atoms with E-state index in [9.17, 15) is 0 Å². The molecule has 0 aliphatic carbocycles. The van der Waals surface area contributed by atoms with Gasteiger partial charge in [0.25, 0.3) is 0 Å². The van der Waals surface area contributed by atoms with Crippen molar-refractivity contribution in [2.45, 2.75) is 46.1 Å². The van der Waals surface area contributed by atoms with Crippen molar-refractivity contribution in [2.24, 2.45) is 10.9 Å². The number of halogens is 1. The second-order valence-electron chi connectivity index (χ2n) is 6.14. The number of hydrogen-bond acceptors (Lipinski definition) is 2. The molecular weight excluding hydrogens is 401 g/mol. The van der Waals surface area contributed by atoms with Crippen LogP contribution in [0.25, 0.3) is 0 Å². The number of aliphatic imine (C=N–C) groups is 1. The van der Waals surface area contributed by atoms with Crippen LogP contribution in [0, 0.1) is 5.92 Å². The number of nitrogens with one attached hydrogen (secondary N) is 2. The molecule has 2 unspecified atom stereocenters. The van der Waals surface area contributed by atoms with E-state index in [2.05, 4.69) is 55.5 Å². The number of benzene rings is 1. The van der Waals surface area contributed by atoms with E-state index in [1.807, 2.05) is 19.2 Å². The maximum Gasteiger partial charge on any atom is 0.191 e. The average molecular weight is 433 g/mol. The minimum absolute atomic E-state index is 0. The highest BCUT2D eigenvalue weighted by Gasteiger charge is 2.10. The molecule has 2 atom stereocenters. The molecule has 0 saturated heterocycles. The van der Waals surface area contributed by atoms with Gasteiger partial charge in [-0.3, -0.25) is 4.99 Å². The lowest BCUT2D eigenvalue weighted by atomic mass is 9.98. The van der Waals surface area contributed by atoms with Crippen LogP contribution in [0.1, 0.15) is 45.6 Å². The standard InChI is InChI=1S/C18H31N3O.HI/c1-13(2)15(4)21-18(19-5)20-12-11-14(3)16-7-9-17(22-6)10-8-16;/h7-10,13-15H,11-12H2,1-6H3,(H2,19,20,21);1H. The summed E-state index contributed by atoms with van der Waals surface area (Å²) in [5.41, 5.74) is 1.33. The summed E-state index contributed by atoms with van der Waals surface area (Å²) in [6, 6.07) is 8.72. The first-order chi connectivity index (χ1) is 10.5. The largest absolute Gasteiger partial charge is 0.497 e. The number of rotatable bonds is 7. The Labute approximate surface area is 158 Å². The first-order valence-corrected chi connectivity index (χ1v) is 8.09. The van der Waals surface area contributed by atoms with Gasteiger partial charge in [-0.2, -0.15) is 0 Å². The van der Waals surface area contributed by atoms with Gasteiger partial charge in [0.1, 0.15) is 5.75 Å². The first-order valence-electron chi connectivity index (χ1n) is 8.09. The average Bonchev–Trinajstić information content (AvgIpc) is 2.53. The van der Waals surface area contributed by atoms with Gasteiger partial charge in [-0.15, -0.1) is 24.0 Å². The molecule has 0 fully saturated rings. The zero-order valence-corrected chi connectivity index (χ0v) is 17.5. The quantitative estimate of drug-likeness (QED) is 0.388. The van der Waals surface area contributed by atoms with Gasteiger partial charge < -0.3 is 15.4 Å². The molecule has 1 aromatic carbocycles. The summed E-state index contributed by atoms with van der Waals surface area (Å²) >= 11 is 0. The summed E-state index contributed by atoms with van der Waals surface area (Å²) in [5.74, 6) is 2.86. The van der Waals surface area contributed by atoms with Gasteiger partial charge in [-0.1, -0.05) is 32.9 Å². The van der Waals surface area contributed by atoms with E-state index in [4.69, 9.17) is 4.74 Å². The molecule has 0 aliphatic rings. The van der Waals surface area contributed by atoms with E-state index in [0.717, 1.165) is 24.7 Å². The highest BCUT2D eigenvalue weighted by atomic mass is 127. The van der Waals surface area contributed by atoms with Crippen LogP contribution in [0.4, 0.5) is 0 Å². The highest BCUT2D eigenvalue weighted by Crippen LogP contribution is 2.21. The van der Waals surface area contributed by atoms with E-state index < -0.39 is 0 Å². The summed E-state index contributed by atoms with van der Waals surface area (Å²) in [4.78, 5) is 4.28. The van der Waals surface area contributed by atoms with Crippen molar-refractivity contribution in [2.75, 3.05) is 20.7 Å². The summed E-state index contributed by atoms with van der Waals surface area (Å²) in [7, 11) is 3.51. The second-order valence-corrected chi connectivity index (χ2v) is 6.14. The van der Waals surface area contributed by atoms with Crippen LogP contribution in [0.2, 0.25) is 0 Å². The number of guanidine groups is 1. The van der Waals surface area contributed by atoms with Crippen molar-refractivity contribution in [1.82, 2.24) is 10.6 Å².